The van der Waals surface area contributed by atoms with Crippen LogP contribution < -0.4 is 14.8 Å². The average Bonchev–Trinajstić information content (AvgIpc) is 2.92. The van der Waals surface area contributed by atoms with Gasteiger partial charge in [-0.3, -0.25) is 0 Å². The van der Waals surface area contributed by atoms with Gasteiger partial charge in [0, 0.05) is 12.1 Å². The first-order chi connectivity index (χ1) is 10.1. The van der Waals surface area contributed by atoms with Gasteiger partial charge in [-0.2, -0.15) is 0 Å². The van der Waals surface area contributed by atoms with E-state index in [2.05, 4.69) is 53.8 Å². The van der Waals surface area contributed by atoms with E-state index in [9.17, 15) is 0 Å². The summed E-state index contributed by atoms with van der Waals surface area (Å²) >= 11 is 5.76. The predicted octanol–water partition coefficient (Wildman–Crippen LogP) is 3.98. The fraction of sp³-hybridized carbons (Fsp3) is 0.286. The van der Waals surface area contributed by atoms with E-state index in [4.69, 9.17) is 9.47 Å². The molecule has 1 aromatic heterocycles. The van der Waals surface area contributed by atoms with E-state index in [1.165, 1.54) is 0 Å². The molecule has 0 spiro atoms. The summed E-state index contributed by atoms with van der Waals surface area (Å²) in [7, 11) is 0. The molecule has 21 heavy (non-hydrogen) atoms. The second-order valence-electron chi connectivity index (χ2n) is 4.52. The summed E-state index contributed by atoms with van der Waals surface area (Å²) in [6.07, 6.45) is 0. The number of nitrogens with zero attached hydrogens (tertiary/aromatic N) is 2. The van der Waals surface area contributed by atoms with Crippen LogP contribution in [0.4, 0.5) is 5.82 Å². The second-order valence-corrected chi connectivity index (χ2v) is 6.45. The topological polar surface area (TPSA) is 56.3 Å². The van der Waals surface area contributed by atoms with E-state index in [1.54, 1.807) is 0 Å². The summed E-state index contributed by atoms with van der Waals surface area (Å²) in [6, 6.07) is 3.86. The van der Waals surface area contributed by atoms with Gasteiger partial charge in [-0.1, -0.05) is 0 Å². The third kappa shape index (κ3) is 2.80. The number of rotatable bonds is 3. The van der Waals surface area contributed by atoms with E-state index in [-0.39, 0.29) is 6.79 Å². The van der Waals surface area contributed by atoms with Gasteiger partial charge in [0.1, 0.15) is 5.82 Å². The number of aryl methyl sites for hydroxylation is 1. The van der Waals surface area contributed by atoms with Crippen molar-refractivity contribution in [1.29, 1.82) is 0 Å². The fourth-order valence-electron chi connectivity index (χ4n) is 2.07. The zero-order chi connectivity index (χ0) is 15.0. The highest BCUT2D eigenvalue weighted by molar-refractivity contribution is 14.1. The maximum atomic E-state index is 5.45. The molecule has 0 aliphatic carbocycles. The van der Waals surface area contributed by atoms with Crippen molar-refractivity contribution in [1.82, 2.24) is 9.97 Å². The van der Waals surface area contributed by atoms with Gasteiger partial charge >= 0.3 is 0 Å². The summed E-state index contributed by atoms with van der Waals surface area (Å²) in [4.78, 5) is 9.19. The number of hydrogen-bond donors (Lipinski definition) is 1. The van der Waals surface area contributed by atoms with Gasteiger partial charge in [-0.05, 0) is 64.5 Å². The lowest BCUT2D eigenvalue weighted by Crippen LogP contribution is -2.06. The largest absolute Gasteiger partial charge is 0.454 e. The van der Waals surface area contributed by atoms with E-state index in [1.807, 2.05) is 26.0 Å². The Balaban J connectivity index is 2.10. The second kappa shape index (κ2) is 5.96. The van der Waals surface area contributed by atoms with Crippen molar-refractivity contribution >= 4 is 44.3 Å². The highest BCUT2D eigenvalue weighted by Gasteiger charge is 2.20. The average molecular weight is 462 g/mol. The molecule has 0 bridgehead atoms. The quantitative estimate of drug-likeness (QED) is 0.700. The zero-order valence-electron chi connectivity index (χ0n) is 11.5. The van der Waals surface area contributed by atoms with Crippen molar-refractivity contribution in [3.8, 4) is 22.9 Å². The van der Waals surface area contributed by atoms with Crippen LogP contribution in [-0.4, -0.2) is 23.3 Å². The zero-order valence-corrected chi connectivity index (χ0v) is 15.3. The number of nitrogens with one attached hydrogen (secondary N) is 1. The first-order valence-corrected chi connectivity index (χ1v) is 8.35. The molecule has 7 heteroatoms. The Hall–Kier alpha value is -1.09. The molecule has 0 atom stereocenters. The Morgan fingerprint density at radius 1 is 1.33 bits per heavy atom. The number of aromatic nitrogens is 2. The molecule has 0 radical (unpaired) electrons. The van der Waals surface area contributed by atoms with Gasteiger partial charge in [0.05, 0.1) is 13.7 Å². The summed E-state index contributed by atoms with van der Waals surface area (Å²) in [5.74, 6) is 2.97. The molecule has 1 N–H and O–H groups in total. The molecule has 0 unspecified atom stereocenters. The normalized spacial score (nSPS) is 12.6. The van der Waals surface area contributed by atoms with E-state index >= 15 is 0 Å². The predicted molar refractivity (Wildman–Crippen MR) is 92.9 cm³/mol. The molecule has 5 nitrogen and oxygen atoms in total. The Morgan fingerprint density at radius 2 is 2.14 bits per heavy atom. The van der Waals surface area contributed by atoms with Gasteiger partial charge in [-0.15, -0.1) is 0 Å². The van der Waals surface area contributed by atoms with Crippen LogP contribution in [-0.2, 0) is 0 Å². The monoisotopic (exact) mass is 461 g/mol. The molecule has 1 aliphatic heterocycles. The molecule has 0 fully saturated rings. The van der Waals surface area contributed by atoms with Gasteiger partial charge in [0.25, 0.3) is 0 Å². The number of fused-ring (bicyclic) bond motifs is 1. The molecule has 110 valence electrons. The van der Waals surface area contributed by atoms with Crippen molar-refractivity contribution in [2.45, 2.75) is 13.8 Å². The van der Waals surface area contributed by atoms with Gasteiger partial charge in [0.15, 0.2) is 17.3 Å². The lowest BCUT2D eigenvalue weighted by atomic mass is 10.2. The van der Waals surface area contributed by atoms with Crippen LogP contribution in [0.3, 0.4) is 0 Å². The van der Waals surface area contributed by atoms with Crippen LogP contribution in [0.2, 0.25) is 0 Å². The molecule has 1 aliphatic rings. The minimum atomic E-state index is 0.243. The standard InChI is InChI=1S/C14H13BrIN3O2/c1-3-17-14-11(16)7(2)18-13(19-14)8-4-9(15)12-10(5-8)20-6-21-12/h4-5H,3,6H2,1-2H3,(H,17,18,19). The maximum Gasteiger partial charge on any atom is 0.231 e. The highest BCUT2D eigenvalue weighted by atomic mass is 127. The molecule has 2 aromatic rings. The Labute approximate surface area is 144 Å². The van der Waals surface area contributed by atoms with Crippen molar-refractivity contribution in [3.63, 3.8) is 0 Å². The molecule has 0 saturated carbocycles. The number of hydrogen-bond acceptors (Lipinski definition) is 5. The smallest absolute Gasteiger partial charge is 0.231 e. The molecule has 0 saturated heterocycles. The number of ether oxygens (including phenoxy) is 2. The fourth-order valence-corrected chi connectivity index (χ4v) is 3.06. The van der Waals surface area contributed by atoms with Crippen LogP contribution in [0.5, 0.6) is 11.5 Å². The minimum Gasteiger partial charge on any atom is -0.454 e. The molecule has 2 heterocycles. The first kappa shape index (κ1) is 14.8. The number of anilines is 1. The van der Waals surface area contributed by atoms with Crippen LogP contribution >= 0.6 is 38.5 Å². The Bertz CT molecular complexity index is 709. The van der Waals surface area contributed by atoms with Crippen LogP contribution in [0.15, 0.2) is 16.6 Å². The lowest BCUT2D eigenvalue weighted by Gasteiger charge is -2.11. The Kier molecular flexibility index (Phi) is 4.21. The third-order valence-electron chi connectivity index (χ3n) is 3.05. The molecule has 3 rings (SSSR count). The summed E-state index contributed by atoms with van der Waals surface area (Å²) in [5.41, 5.74) is 1.84. The van der Waals surface area contributed by atoms with Crippen molar-refractivity contribution in [2.75, 3.05) is 18.7 Å². The summed E-state index contributed by atoms with van der Waals surface area (Å²) in [5, 5.41) is 3.27. The van der Waals surface area contributed by atoms with Crippen LogP contribution in [0.1, 0.15) is 12.6 Å². The van der Waals surface area contributed by atoms with Crippen LogP contribution in [0.25, 0.3) is 11.4 Å². The number of benzene rings is 1. The van der Waals surface area contributed by atoms with Crippen molar-refractivity contribution in [2.24, 2.45) is 0 Å². The molecular formula is C14H13BrIN3O2. The van der Waals surface area contributed by atoms with Crippen molar-refractivity contribution < 1.29 is 9.47 Å². The molecule has 0 amide bonds. The Morgan fingerprint density at radius 3 is 2.90 bits per heavy atom. The molecular weight excluding hydrogens is 449 g/mol. The lowest BCUT2D eigenvalue weighted by molar-refractivity contribution is 0.173. The van der Waals surface area contributed by atoms with Crippen LogP contribution in [0, 0.1) is 10.5 Å². The van der Waals surface area contributed by atoms with Gasteiger partial charge < -0.3 is 14.8 Å². The minimum absolute atomic E-state index is 0.243. The SMILES string of the molecule is CCNc1nc(-c2cc(Br)c3c(c2)OCO3)nc(C)c1I. The van der Waals surface area contributed by atoms with Crippen molar-refractivity contribution in [3.05, 3.63) is 25.9 Å². The maximum absolute atomic E-state index is 5.45. The third-order valence-corrected chi connectivity index (χ3v) is 4.93. The highest BCUT2D eigenvalue weighted by Crippen LogP contribution is 2.42. The summed E-state index contributed by atoms with van der Waals surface area (Å²) < 4.78 is 12.7. The number of halogens is 2. The molecule has 1 aromatic carbocycles. The van der Waals surface area contributed by atoms with E-state index in [0.29, 0.717) is 11.6 Å². The first-order valence-electron chi connectivity index (χ1n) is 6.47. The van der Waals surface area contributed by atoms with E-state index < -0.39 is 0 Å². The van der Waals surface area contributed by atoms with Gasteiger partial charge in [-0.25, -0.2) is 9.97 Å². The van der Waals surface area contributed by atoms with Gasteiger partial charge in [0.2, 0.25) is 6.79 Å². The summed E-state index contributed by atoms with van der Waals surface area (Å²) in [6.45, 7) is 5.09. The van der Waals surface area contributed by atoms with E-state index in [0.717, 1.165) is 37.4 Å².